The highest BCUT2D eigenvalue weighted by molar-refractivity contribution is 8.00. The van der Waals surface area contributed by atoms with Crippen molar-refractivity contribution in [2.45, 2.75) is 26.8 Å². The van der Waals surface area contributed by atoms with Gasteiger partial charge >= 0.3 is 0 Å². The van der Waals surface area contributed by atoms with Crippen LogP contribution in [0.1, 0.15) is 34.7 Å². The highest BCUT2D eigenvalue weighted by Crippen LogP contribution is 2.31. The Morgan fingerprint density at radius 2 is 2.14 bits per heavy atom. The Morgan fingerprint density at radius 1 is 1.50 bits per heavy atom. The number of thioether (sulfide) groups is 1. The largest absolute Gasteiger partial charge is 0.294 e. The second kappa shape index (κ2) is 3.42. The minimum Gasteiger partial charge on any atom is -0.294 e. The molecule has 0 bridgehead atoms. The van der Waals surface area contributed by atoms with Crippen LogP contribution in [-0.4, -0.2) is 27.1 Å². The van der Waals surface area contributed by atoms with Crippen LogP contribution < -0.4 is 0 Å². The first-order valence-corrected chi connectivity index (χ1v) is 5.91. The number of ketones is 1. The molecule has 1 aliphatic heterocycles. The third kappa shape index (κ3) is 1.38. The van der Waals surface area contributed by atoms with E-state index in [2.05, 4.69) is 5.10 Å². The molecule has 0 unspecified atom stereocenters. The molecule has 3 nitrogen and oxygen atoms in total. The number of rotatable bonds is 2. The topological polar surface area (TPSA) is 34.9 Å². The van der Waals surface area contributed by atoms with E-state index in [1.165, 1.54) is 0 Å². The van der Waals surface area contributed by atoms with Crippen molar-refractivity contribution >= 4 is 17.5 Å². The fourth-order valence-electron chi connectivity index (χ4n) is 1.89. The van der Waals surface area contributed by atoms with Gasteiger partial charge in [0.25, 0.3) is 0 Å². The van der Waals surface area contributed by atoms with E-state index in [1.54, 1.807) is 6.92 Å². The van der Waals surface area contributed by atoms with Gasteiger partial charge in [-0.05, 0) is 20.8 Å². The Morgan fingerprint density at radius 3 is 2.50 bits per heavy atom. The molecule has 76 valence electrons. The lowest BCUT2D eigenvalue weighted by atomic mass is 10.1. The minimum atomic E-state index is 0.123. The zero-order valence-electron chi connectivity index (χ0n) is 8.70. The van der Waals surface area contributed by atoms with Crippen LogP contribution in [0.4, 0.5) is 0 Å². The van der Waals surface area contributed by atoms with E-state index in [-0.39, 0.29) is 5.78 Å². The molecule has 2 rings (SSSR count). The first-order valence-electron chi connectivity index (χ1n) is 4.75. The molecule has 0 saturated carbocycles. The van der Waals surface area contributed by atoms with E-state index < -0.39 is 0 Å². The van der Waals surface area contributed by atoms with Crippen molar-refractivity contribution < 1.29 is 4.79 Å². The zero-order valence-corrected chi connectivity index (χ0v) is 9.52. The van der Waals surface area contributed by atoms with E-state index in [4.69, 9.17) is 0 Å². The quantitative estimate of drug-likeness (QED) is 0.700. The minimum absolute atomic E-state index is 0.123. The fourth-order valence-corrected chi connectivity index (χ4v) is 2.62. The van der Waals surface area contributed by atoms with Gasteiger partial charge < -0.3 is 0 Å². The molecule has 1 fully saturated rings. The van der Waals surface area contributed by atoms with Gasteiger partial charge in [-0.1, -0.05) is 0 Å². The predicted octanol–water partition coefficient (Wildman–Crippen LogP) is 1.99. The lowest BCUT2D eigenvalue weighted by Crippen LogP contribution is -2.25. The molecule has 0 atom stereocenters. The third-order valence-corrected chi connectivity index (χ3v) is 3.88. The predicted molar refractivity (Wildman–Crippen MR) is 58.1 cm³/mol. The van der Waals surface area contributed by atoms with E-state index in [0.717, 1.165) is 28.5 Å². The normalized spacial score (nSPS) is 16.8. The van der Waals surface area contributed by atoms with Gasteiger partial charge in [-0.2, -0.15) is 16.9 Å². The van der Waals surface area contributed by atoms with Gasteiger partial charge in [-0.15, -0.1) is 0 Å². The second-order valence-electron chi connectivity index (χ2n) is 3.74. The van der Waals surface area contributed by atoms with Crippen LogP contribution >= 0.6 is 11.8 Å². The standard InChI is InChI=1S/C10H14N2OS/c1-6-10(8(3)13)7(2)12(11-6)9-4-14-5-9/h9H,4-5H2,1-3H3. The Labute approximate surface area is 87.9 Å². The van der Waals surface area contributed by atoms with Gasteiger partial charge in [0.1, 0.15) is 0 Å². The summed E-state index contributed by atoms with van der Waals surface area (Å²) in [5, 5.41) is 4.44. The van der Waals surface area contributed by atoms with Crippen molar-refractivity contribution in [3.8, 4) is 0 Å². The van der Waals surface area contributed by atoms with Crippen LogP contribution in [0.15, 0.2) is 0 Å². The Hall–Kier alpha value is -0.770. The van der Waals surface area contributed by atoms with E-state index in [9.17, 15) is 4.79 Å². The molecule has 0 spiro atoms. The molecule has 1 aromatic rings. The summed E-state index contributed by atoms with van der Waals surface area (Å²) >= 11 is 1.93. The van der Waals surface area contributed by atoms with E-state index in [0.29, 0.717) is 6.04 Å². The number of carbonyl (C=O) groups is 1. The number of aromatic nitrogens is 2. The molecule has 2 heterocycles. The summed E-state index contributed by atoms with van der Waals surface area (Å²) < 4.78 is 2.02. The van der Waals surface area contributed by atoms with Crippen molar-refractivity contribution in [3.63, 3.8) is 0 Å². The van der Waals surface area contributed by atoms with Crippen LogP contribution in [-0.2, 0) is 0 Å². The van der Waals surface area contributed by atoms with E-state index in [1.807, 2.05) is 30.3 Å². The summed E-state index contributed by atoms with van der Waals surface area (Å²) in [7, 11) is 0. The summed E-state index contributed by atoms with van der Waals surface area (Å²) in [6, 6.07) is 0.506. The van der Waals surface area contributed by atoms with Gasteiger partial charge in [0.05, 0.1) is 17.3 Å². The van der Waals surface area contributed by atoms with Gasteiger partial charge in [0.15, 0.2) is 5.78 Å². The first-order chi connectivity index (χ1) is 6.61. The number of hydrogen-bond donors (Lipinski definition) is 0. The van der Waals surface area contributed by atoms with Gasteiger partial charge in [-0.25, -0.2) is 0 Å². The molecule has 0 aromatic carbocycles. The highest BCUT2D eigenvalue weighted by atomic mass is 32.2. The summed E-state index contributed by atoms with van der Waals surface area (Å²) in [6.07, 6.45) is 0. The smallest absolute Gasteiger partial charge is 0.163 e. The first kappa shape index (κ1) is 9.77. The zero-order chi connectivity index (χ0) is 10.3. The number of hydrogen-bond acceptors (Lipinski definition) is 3. The van der Waals surface area contributed by atoms with Crippen LogP contribution in [0.25, 0.3) is 0 Å². The van der Waals surface area contributed by atoms with Crippen molar-refractivity contribution in [1.29, 1.82) is 0 Å². The fraction of sp³-hybridized carbons (Fsp3) is 0.600. The van der Waals surface area contributed by atoms with Crippen molar-refractivity contribution in [1.82, 2.24) is 9.78 Å². The summed E-state index contributed by atoms with van der Waals surface area (Å²) in [4.78, 5) is 11.4. The molecule has 0 N–H and O–H groups in total. The highest BCUT2D eigenvalue weighted by Gasteiger charge is 2.25. The maximum Gasteiger partial charge on any atom is 0.163 e. The Kier molecular flexibility index (Phi) is 2.39. The van der Waals surface area contributed by atoms with Crippen molar-refractivity contribution in [3.05, 3.63) is 17.0 Å². The van der Waals surface area contributed by atoms with Gasteiger partial charge in [-0.3, -0.25) is 9.48 Å². The lowest BCUT2D eigenvalue weighted by molar-refractivity contribution is 0.101. The van der Waals surface area contributed by atoms with Crippen LogP contribution in [0.5, 0.6) is 0 Å². The molecule has 1 aliphatic rings. The second-order valence-corrected chi connectivity index (χ2v) is 4.81. The summed E-state index contributed by atoms with van der Waals surface area (Å²) in [5.74, 6) is 2.37. The van der Waals surface area contributed by atoms with Gasteiger partial charge in [0, 0.05) is 17.2 Å². The molecule has 0 amide bonds. The van der Waals surface area contributed by atoms with Gasteiger partial charge in [0.2, 0.25) is 0 Å². The number of nitrogens with zero attached hydrogens (tertiary/aromatic N) is 2. The summed E-state index contributed by atoms with van der Waals surface area (Å²) in [5.41, 5.74) is 2.70. The SMILES string of the molecule is CC(=O)c1c(C)nn(C2CSC2)c1C. The molecule has 0 aliphatic carbocycles. The van der Waals surface area contributed by atoms with E-state index >= 15 is 0 Å². The average Bonchev–Trinajstić information content (AvgIpc) is 2.23. The Balaban J connectivity index is 2.42. The monoisotopic (exact) mass is 210 g/mol. The maximum atomic E-state index is 11.4. The number of carbonyl (C=O) groups excluding carboxylic acids is 1. The number of Topliss-reactive ketones (excluding diaryl/α,β-unsaturated/α-hetero) is 1. The van der Waals surface area contributed by atoms with Crippen molar-refractivity contribution in [2.24, 2.45) is 0 Å². The number of aryl methyl sites for hydroxylation is 1. The third-order valence-electron chi connectivity index (χ3n) is 2.64. The van der Waals surface area contributed by atoms with Crippen LogP contribution in [0, 0.1) is 13.8 Å². The molecular formula is C10H14N2OS. The van der Waals surface area contributed by atoms with Crippen molar-refractivity contribution in [2.75, 3.05) is 11.5 Å². The molecule has 14 heavy (non-hydrogen) atoms. The Bertz CT molecular complexity index is 380. The summed E-state index contributed by atoms with van der Waals surface area (Å²) in [6.45, 7) is 5.50. The van der Waals surface area contributed by atoms with Crippen LogP contribution in [0.2, 0.25) is 0 Å². The maximum absolute atomic E-state index is 11.4. The molecule has 1 aromatic heterocycles. The lowest BCUT2D eigenvalue weighted by Gasteiger charge is -2.26. The molecule has 0 radical (unpaired) electrons. The molecule has 4 heteroatoms. The average molecular weight is 210 g/mol. The molecular weight excluding hydrogens is 196 g/mol. The molecule has 1 saturated heterocycles. The van der Waals surface area contributed by atoms with Crippen LogP contribution in [0.3, 0.4) is 0 Å².